The number of carbonyl (C=O) groups is 1. The second-order valence-corrected chi connectivity index (χ2v) is 8.42. The van der Waals surface area contributed by atoms with Crippen molar-refractivity contribution in [2.75, 3.05) is 17.6 Å². The van der Waals surface area contributed by atoms with E-state index in [-0.39, 0.29) is 12.5 Å². The van der Waals surface area contributed by atoms with Crippen molar-refractivity contribution in [1.82, 2.24) is 40.2 Å². The van der Waals surface area contributed by atoms with Crippen LogP contribution in [-0.4, -0.2) is 47.4 Å². The van der Waals surface area contributed by atoms with E-state index in [9.17, 15) is 4.79 Å². The maximum absolute atomic E-state index is 11.8. The fraction of sp³-hybridized carbons (Fsp3) is 0.167. The summed E-state index contributed by atoms with van der Waals surface area (Å²) in [4.78, 5) is 25.3. The highest BCUT2D eigenvalue weighted by molar-refractivity contribution is 5.95. The lowest BCUT2D eigenvalue weighted by molar-refractivity contribution is -0.121. The summed E-state index contributed by atoms with van der Waals surface area (Å²) in [6, 6.07) is 7.73. The van der Waals surface area contributed by atoms with E-state index < -0.39 is 0 Å². The maximum atomic E-state index is 11.8. The van der Waals surface area contributed by atoms with Crippen molar-refractivity contribution in [2.24, 2.45) is 0 Å². The summed E-state index contributed by atoms with van der Waals surface area (Å²) in [5.41, 5.74) is 11.8. The number of nitrogens with one attached hydrogen (secondary N) is 3. The Morgan fingerprint density at radius 1 is 1.11 bits per heavy atom. The first kappa shape index (κ1) is 20.8. The van der Waals surface area contributed by atoms with Gasteiger partial charge in [-0.1, -0.05) is 0 Å². The Balaban J connectivity index is 1.36. The molecule has 174 valence electrons. The standard InChI is InChI=1S/C24H22N10O/c1-13-16(19-3-5-29-32-19)9-26-10-17(13)20-6-14-7-21(28-11-18(14)24(25)30-20)31-22-8-15-2-4-27-23(35)12-34(15)33-22/h3,5-11H,2,4,12H2,1H3,(H2,25,30)(H,27,35)(H,29,32)(H,28,31,33). The van der Waals surface area contributed by atoms with Gasteiger partial charge in [-0.15, -0.1) is 0 Å². The van der Waals surface area contributed by atoms with Gasteiger partial charge in [0.1, 0.15) is 18.2 Å². The number of H-pyrrole nitrogens is 1. The molecule has 0 radical (unpaired) electrons. The molecule has 0 saturated carbocycles. The molecule has 6 rings (SSSR count). The molecule has 0 aromatic carbocycles. The Morgan fingerprint density at radius 3 is 2.86 bits per heavy atom. The molecule has 0 bridgehead atoms. The van der Waals surface area contributed by atoms with Crippen molar-refractivity contribution >= 4 is 34.1 Å². The third kappa shape index (κ3) is 3.82. The van der Waals surface area contributed by atoms with E-state index >= 15 is 0 Å². The number of pyridine rings is 3. The zero-order valence-corrected chi connectivity index (χ0v) is 18.9. The second-order valence-electron chi connectivity index (χ2n) is 8.42. The van der Waals surface area contributed by atoms with E-state index in [1.165, 1.54) is 0 Å². The molecule has 1 amide bonds. The van der Waals surface area contributed by atoms with Crippen LogP contribution in [0.15, 0.2) is 49.1 Å². The summed E-state index contributed by atoms with van der Waals surface area (Å²) in [5.74, 6) is 1.60. The summed E-state index contributed by atoms with van der Waals surface area (Å²) in [5, 5.41) is 19.3. The molecular weight excluding hydrogens is 444 g/mol. The van der Waals surface area contributed by atoms with Gasteiger partial charge in [0.15, 0.2) is 5.82 Å². The van der Waals surface area contributed by atoms with Crippen LogP contribution >= 0.6 is 0 Å². The fourth-order valence-electron chi connectivity index (χ4n) is 4.35. The van der Waals surface area contributed by atoms with Gasteiger partial charge in [-0.3, -0.25) is 19.6 Å². The highest BCUT2D eigenvalue weighted by Crippen LogP contribution is 2.32. The number of aromatic nitrogens is 7. The lowest BCUT2D eigenvalue weighted by Gasteiger charge is -2.12. The molecule has 1 aliphatic heterocycles. The molecule has 0 fully saturated rings. The molecule has 0 unspecified atom stereocenters. The van der Waals surface area contributed by atoms with Gasteiger partial charge in [-0.05, 0) is 36.1 Å². The van der Waals surface area contributed by atoms with Crippen molar-refractivity contribution in [2.45, 2.75) is 19.9 Å². The molecule has 5 aromatic rings. The first-order chi connectivity index (χ1) is 17.0. The highest BCUT2D eigenvalue weighted by Gasteiger charge is 2.16. The van der Waals surface area contributed by atoms with Crippen molar-refractivity contribution in [1.29, 1.82) is 0 Å². The Kier molecular flexibility index (Phi) is 4.87. The first-order valence-electron chi connectivity index (χ1n) is 11.2. The van der Waals surface area contributed by atoms with Gasteiger partial charge >= 0.3 is 0 Å². The van der Waals surface area contributed by atoms with Crippen molar-refractivity contribution in [3.8, 4) is 22.5 Å². The van der Waals surface area contributed by atoms with Crippen LogP contribution < -0.4 is 16.4 Å². The lowest BCUT2D eigenvalue weighted by atomic mass is 10.00. The first-order valence-corrected chi connectivity index (χ1v) is 11.2. The minimum absolute atomic E-state index is 0.0425. The molecule has 35 heavy (non-hydrogen) atoms. The Hall–Kier alpha value is -4.80. The number of amides is 1. The van der Waals surface area contributed by atoms with Crippen molar-refractivity contribution in [3.05, 3.63) is 60.3 Å². The van der Waals surface area contributed by atoms with Gasteiger partial charge in [-0.2, -0.15) is 10.2 Å². The van der Waals surface area contributed by atoms with Crippen LogP contribution in [0.25, 0.3) is 33.3 Å². The predicted molar refractivity (Wildman–Crippen MR) is 132 cm³/mol. The number of nitrogens with two attached hydrogens (primary N) is 1. The van der Waals surface area contributed by atoms with Gasteiger partial charge in [0.2, 0.25) is 5.91 Å². The van der Waals surface area contributed by atoms with Gasteiger partial charge in [-0.25, -0.2) is 9.97 Å². The van der Waals surface area contributed by atoms with Gasteiger partial charge in [0.05, 0.1) is 11.4 Å². The normalized spacial score (nSPS) is 13.3. The smallest absolute Gasteiger partial charge is 0.241 e. The summed E-state index contributed by atoms with van der Waals surface area (Å²) >= 11 is 0. The quantitative estimate of drug-likeness (QED) is 0.315. The molecule has 0 aliphatic carbocycles. The summed E-state index contributed by atoms with van der Waals surface area (Å²) in [7, 11) is 0. The lowest BCUT2D eigenvalue weighted by Crippen LogP contribution is -2.25. The van der Waals surface area contributed by atoms with Crippen LogP contribution in [0, 0.1) is 6.92 Å². The molecule has 6 heterocycles. The largest absolute Gasteiger partial charge is 0.383 e. The van der Waals surface area contributed by atoms with E-state index in [1.807, 2.05) is 31.2 Å². The number of hydrogen-bond acceptors (Lipinski definition) is 8. The number of hydrogen-bond donors (Lipinski definition) is 4. The molecular formula is C24H22N10O. The number of carbonyl (C=O) groups excluding carboxylic acids is 1. The summed E-state index contributed by atoms with van der Waals surface area (Å²) in [6.07, 6.45) is 7.73. The van der Waals surface area contributed by atoms with Gasteiger partial charge in [0.25, 0.3) is 0 Å². The predicted octanol–water partition coefficient (Wildman–Crippen LogP) is 2.58. The van der Waals surface area contributed by atoms with E-state index in [4.69, 9.17) is 5.73 Å². The molecule has 0 spiro atoms. The SMILES string of the molecule is Cc1c(-c2cc3cc(Nc4cc5n(n4)CC(=O)NCC5)ncc3c(N)n2)cncc1-c1ccn[nH]1. The second kappa shape index (κ2) is 8.20. The molecule has 11 nitrogen and oxygen atoms in total. The van der Waals surface area contributed by atoms with Crippen LogP contribution in [0.2, 0.25) is 0 Å². The van der Waals surface area contributed by atoms with Crippen molar-refractivity contribution in [3.63, 3.8) is 0 Å². The van der Waals surface area contributed by atoms with Gasteiger partial charge in [0, 0.05) is 66.0 Å². The molecule has 11 heteroatoms. The molecule has 0 atom stereocenters. The van der Waals surface area contributed by atoms with Crippen LogP contribution in [0.5, 0.6) is 0 Å². The molecule has 5 N–H and O–H groups in total. The van der Waals surface area contributed by atoms with E-state index in [0.29, 0.717) is 24.0 Å². The minimum Gasteiger partial charge on any atom is -0.383 e. The van der Waals surface area contributed by atoms with E-state index in [1.54, 1.807) is 29.5 Å². The number of aromatic amines is 1. The molecule has 1 aliphatic rings. The maximum Gasteiger partial charge on any atom is 0.241 e. The number of nitrogens with zero attached hydrogens (tertiary/aromatic N) is 6. The number of nitrogen functional groups attached to an aromatic ring is 1. The molecule has 0 saturated heterocycles. The number of fused-ring (bicyclic) bond motifs is 2. The monoisotopic (exact) mass is 466 g/mol. The van der Waals surface area contributed by atoms with Crippen LogP contribution in [-0.2, 0) is 17.8 Å². The van der Waals surface area contributed by atoms with E-state index in [0.717, 1.165) is 51.0 Å². The zero-order chi connectivity index (χ0) is 23.9. The fourth-order valence-corrected chi connectivity index (χ4v) is 4.35. The topological polar surface area (TPSA) is 152 Å². The number of rotatable bonds is 4. The van der Waals surface area contributed by atoms with Gasteiger partial charge < -0.3 is 16.4 Å². The van der Waals surface area contributed by atoms with Crippen LogP contribution in [0.4, 0.5) is 17.5 Å². The van der Waals surface area contributed by atoms with Crippen molar-refractivity contribution < 1.29 is 4.79 Å². The average Bonchev–Trinajstić information content (AvgIpc) is 3.46. The Morgan fingerprint density at radius 2 is 2.00 bits per heavy atom. The summed E-state index contributed by atoms with van der Waals surface area (Å²) < 4.78 is 1.72. The Labute approximate surface area is 199 Å². The van der Waals surface area contributed by atoms with Crippen LogP contribution in [0.1, 0.15) is 11.3 Å². The third-order valence-electron chi connectivity index (χ3n) is 6.14. The molecule has 5 aromatic heterocycles. The highest BCUT2D eigenvalue weighted by atomic mass is 16.2. The Bertz CT molecular complexity index is 1570. The minimum atomic E-state index is -0.0425. The number of anilines is 3. The van der Waals surface area contributed by atoms with Crippen LogP contribution in [0.3, 0.4) is 0 Å². The summed E-state index contributed by atoms with van der Waals surface area (Å²) in [6.45, 7) is 2.83. The average molecular weight is 467 g/mol. The zero-order valence-electron chi connectivity index (χ0n) is 18.9. The third-order valence-corrected chi connectivity index (χ3v) is 6.14. The van der Waals surface area contributed by atoms with E-state index in [2.05, 4.69) is 40.9 Å².